The van der Waals surface area contributed by atoms with Crippen molar-refractivity contribution in [2.75, 3.05) is 6.61 Å². The van der Waals surface area contributed by atoms with Crippen LogP contribution >= 0.6 is 0 Å². The van der Waals surface area contributed by atoms with Gasteiger partial charge >= 0.3 is 0 Å². The summed E-state index contributed by atoms with van der Waals surface area (Å²) in [6, 6.07) is 0.181. The van der Waals surface area contributed by atoms with Crippen molar-refractivity contribution in [1.29, 1.82) is 0 Å². The third kappa shape index (κ3) is 3.49. The highest BCUT2D eigenvalue weighted by molar-refractivity contribution is 4.66. The van der Waals surface area contributed by atoms with E-state index in [1.165, 1.54) is 0 Å². The predicted molar refractivity (Wildman–Crippen MR) is 39.1 cm³/mol. The topological polar surface area (TPSA) is 46.2 Å². The zero-order valence-corrected chi connectivity index (χ0v) is 6.30. The molecule has 0 saturated heterocycles. The van der Waals surface area contributed by atoms with E-state index in [-0.39, 0.29) is 12.6 Å². The van der Waals surface area contributed by atoms with Crippen LogP contribution in [0.15, 0.2) is 0 Å². The lowest BCUT2D eigenvalue weighted by atomic mass is 9.98. The second-order valence-corrected chi connectivity index (χ2v) is 2.56. The Morgan fingerprint density at radius 2 is 2.11 bits per heavy atom. The van der Waals surface area contributed by atoms with Gasteiger partial charge in [0.1, 0.15) is 0 Å². The van der Waals surface area contributed by atoms with Crippen LogP contribution in [0.25, 0.3) is 0 Å². The third-order valence-corrected chi connectivity index (χ3v) is 1.84. The highest BCUT2D eigenvalue weighted by Gasteiger charge is 2.08. The van der Waals surface area contributed by atoms with Crippen LogP contribution in [0, 0.1) is 5.92 Å². The largest absolute Gasteiger partial charge is 0.396 e. The second kappa shape index (κ2) is 4.77. The molecule has 0 bridgehead atoms. The second-order valence-electron chi connectivity index (χ2n) is 2.56. The van der Waals surface area contributed by atoms with E-state index in [0.29, 0.717) is 5.92 Å². The molecule has 2 atom stereocenters. The van der Waals surface area contributed by atoms with E-state index in [4.69, 9.17) is 10.8 Å². The van der Waals surface area contributed by atoms with Crippen molar-refractivity contribution in [3.63, 3.8) is 0 Å². The van der Waals surface area contributed by atoms with E-state index in [0.717, 1.165) is 12.8 Å². The predicted octanol–water partition coefficient (Wildman–Crippen LogP) is 0.742. The molecule has 0 aromatic heterocycles. The smallest absolute Gasteiger partial charge is 0.0445 e. The van der Waals surface area contributed by atoms with Crippen molar-refractivity contribution in [1.82, 2.24) is 0 Å². The summed E-state index contributed by atoms with van der Waals surface area (Å²) in [5.41, 5.74) is 5.68. The summed E-state index contributed by atoms with van der Waals surface area (Å²) in [6.07, 6.45) is 1.83. The average molecular weight is 131 g/mol. The van der Waals surface area contributed by atoms with Crippen LogP contribution in [0.3, 0.4) is 0 Å². The van der Waals surface area contributed by atoms with Crippen molar-refractivity contribution in [2.24, 2.45) is 11.7 Å². The lowest BCUT2D eigenvalue weighted by Crippen LogP contribution is -2.28. The molecule has 1 unspecified atom stereocenters. The number of aliphatic hydroxyl groups excluding tert-OH is 1. The number of rotatable bonds is 4. The molecule has 2 heteroatoms. The Bertz CT molecular complexity index is 65.9. The van der Waals surface area contributed by atoms with Gasteiger partial charge in [0.25, 0.3) is 0 Å². The molecule has 56 valence electrons. The molecule has 3 N–H and O–H groups in total. The number of hydrogen-bond donors (Lipinski definition) is 2. The van der Waals surface area contributed by atoms with Crippen molar-refractivity contribution in [3.8, 4) is 0 Å². The fraction of sp³-hybridized carbons (Fsp3) is 1.00. The summed E-state index contributed by atoms with van der Waals surface area (Å²) in [5, 5.41) is 8.50. The molecule has 0 spiro atoms. The summed E-state index contributed by atoms with van der Waals surface area (Å²) in [6.45, 7) is 4.44. The number of nitrogens with two attached hydrogens (primary N) is 1. The van der Waals surface area contributed by atoms with E-state index in [1.54, 1.807) is 0 Å². The fourth-order valence-electron chi connectivity index (χ4n) is 0.736. The normalized spacial score (nSPS) is 17.3. The SMILES string of the molecule is CCC(C)[C@@H](N)CCO. The van der Waals surface area contributed by atoms with Crippen LogP contribution in [-0.4, -0.2) is 17.8 Å². The monoisotopic (exact) mass is 131 g/mol. The van der Waals surface area contributed by atoms with Crippen molar-refractivity contribution in [3.05, 3.63) is 0 Å². The molecule has 0 rings (SSSR count). The van der Waals surface area contributed by atoms with Gasteiger partial charge in [-0.1, -0.05) is 20.3 Å². The van der Waals surface area contributed by atoms with Gasteiger partial charge in [-0.15, -0.1) is 0 Å². The minimum Gasteiger partial charge on any atom is -0.396 e. The van der Waals surface area contributed by atoms with Gasteiger partial charge in [0.15, 0.2) is 0 Å². The van der Waals surface area contributed by atoms with Gasteiger partial charge in [-0.05, 0) is 12.3 Å². The summed E-state index contributed by atoms with van der Waals surface area (Å²) >= 11 is 0. The molecule has 0 aromatic rings. The van der Waals surface area contributed by atoms with E-state index in [9.17, 15) is 0 Å². The maximum Gasteiger partial charge on any atom is 0.0445 e. The maximum atomic E-state index is 8.50. The van der Waals surface area contributed by atoms with Crippen LogP contribution < -0.4 is 5.73 Å². The molecule has 0 saturated carbocycles. The highest BCUT2D eigenvalue weighted by Crippen LogP contribution is 2.07. The molecule has 0 aliphatic heterocycles. The van der Waals surface area contributed by atoms with Crippen molar-refractivity contribution >= 4 is 0 Å². The number of aliphatic hydroxyl groups is 1. The quantitative estimate of drug-likeness (QED) is 0.591. The van der Waals surface area contributed by atoms with Gasteiger partial charge in [-0.3, -0.25) is 0 Å². The fourth-order valence-corrected chi connectivity index (χ4v) is 0.736. The summed E-state index contributed by atoms with van der Waals surface area (Å²) in [4.78, 5) is 0. The first kappa shape index (κ1) is 8.92. The first-order valence-corrected chi connectivity index (χ1v) is 3.58. The van der Waals surface area contributed by atoms with Crippen molar-refractivity contribution in [2.45, 2.75) is 32.7 Å². The van der Waals surface area contributed by atoms with Gasteiger partial charge in [0.2, 0.25) is 0 Å². The first-order valence-electron chi connectivity index (χ1n) is 3.58. The Morgan fingerprint density at radius 3 is 2.44 bits per heavy atom. The minimum atomic E-state index is 0.181. The van der Waals surface area contributed by atoms with Crippen LogP contribution in [-0.2, 0) is 0 Å². The van der Waals surface area contributed by atoms with Crippen LogP contribution in [0.2, 0.25) is 0 Å². The van der Waals surface area contributed by atoms with E-state index >= 15 is 0 Å². The van der Waals surface area contributed by atoms with Crippen LogP contribution in [0.4, 0.5) is 0 Å². The third-order valence-electron chi connectivity index (χ3n) is 1.84. The molecule has 0 amide bonds. The van der Waals surface area contributed by atoms with Crippen LogP contribution in [0.5, 0.6) is 0 Å². The van der Waals surface area contributed by atoms with E-state index in [1.807, 2.05) is 0 Å². The van der Waals surface area contributed by atoms with E-state index < -0.39 is 0 Å². The molecule has 9 heavy (non-hydrogen) atoms. The molecule has 0 aromatic carbocycles. The summed E-state index contributed by atoms with van der Waals surface area (Å²) in [7, 11) is 0. The lowest BCUT2D eigenvalue weighted by molar-refractivity contribution is 0.257. The summed E-state index contributed by atoms with van der Waals surface area (Å²) in [5.74, 6) is 0.539. The standard InChI is InChI=1S/C7H17NO/c1-3-6(2)7(8)4-5-9/h6-7,9H,3-5,8H2,1-2H3/t6?,7-/m0/s1. The summed E-state index contributed by atoms with van der Waals surface area (Å²) < 4.78 is 0. The molecule has 2 nitrogen and oxygen atoms in total. The van der Waals surface area contributed by atoms with Gasteiger partial charge < -0.3 is 10.8 Å². The Kier molecular flexibility index (Phi) is 4.72. The Hall–Kier alpha value is -0.0800. The molecular weight excluding hydrogens is 114 g/mol. The van der Waals surface area contributed by atoms with Gasteiger partial charge in [-0.25, -0.2) is 0 Å². The molecule has 0 fully saturated rings. The van der Waals surface area contributed by atoms with Gasteiger partial charge in [0.05, 0.1) is 0 Å². The zero-order chi connectivity index (χ0) is 7.28. The van der Waals surface area contributed by atoms with Gasteiger partial charge in [-0.2, -0.15) is 0 Å². The Balaban J connectivity index is 3.32. The van der Waals surface area contributed by atoms with E-state index in [2.05, 4.69) is 13.8 Å². The zero-order valence-electron chi connectivity index (χ0n) is 6.30. The van der Waals surface area contributed by atoms with Crippen molar-refractivity contribution < 1.29 is 5.11 Å². The average Bonchev–Trinajstić information content (AvgIpc) is 1.87. The molecule has 0 aliphatic carbocycles. The molecule has 0 heterocycles. The maximum absolute atomic E-state index is 8.50. The Morgan fingerprint density at radius 1 is 1.56 bits per heavy atom. The number of hydrogen-bond acceptors (Lipinski definition) is 2. The first-order chi connectivity index (χ1) is 4.22. The minimum absolute atomic E-state index is 0.181. The Labute approximate surface area is 57.1 Å². The van der Waals surface area contributed by atoms with Crippen LogP contribution in [0.1, 0.15) is 26.7 Å². The molecular formula is C7H17NO. The lowest BCUT2D eigenvalue weighted by Gasteiger charge is -2.16. The highest BCUT2D eigenvalue weighted by atomic mass is 16.3. The van der Waals surface area contributed by atoms with Gasteiger partial charge in [0, 0.05) is 12.6 Å². The molecule has 0 radical (unpaired) electrons. The molecule has 0 aliphatic rings.